The zero-order valence-corrected chi connectivity index (χ0v) is 8.26. The van der Waals surface area contributed by atoms with Crippen molar-refractivity contribution in [2.75, 3.05) is 0 Å². The molecule has 0 saturated carbocycles. The normalized spacial score (nSPS) is 15.0. The van der Waals surface area contributed by atoms with Crippen LogP contribution in [0.3, 0.4) is 0 Å². The van der Waals surface area contributed by atoms with Gasteiger partial charge in [-0.05, 0) is 37.1 Å². The van der Waals surface area contributed by atoms with Gasteiger partial charge in [-0.3, -0.25) is 0 Å². The molecule has 0 radical (unpaired) electrons. The van der Waals surface area contributed by atoms with Crippen molar-refractivity contribution in [3.05, 3.63) is 23.3 Å². The quantitative estimate of drug-likeness (QED) is 0.658. The summed E-state index contributed by atoms with van der Waals surface area (Å²) >= 11 is 0. The van der Waals surface area contributed by atoms with Gasteiger partial charge >= 0.3 is 0 Å². The molecule has 2 nitrogen and oxygen atoms in total. The highest BCUT2D eigenvalue weighted by Crippen LogP contribution is 2.37. The van der Waals surface area contributed by atoms with Gasteiger partial charge < -0.3 is 9.47 Å². The van der Waals surface area contributed by atoms with Crippen LogP contribution in [0, 0.1) is 13.8 Å². The Morgan fingerprint density at radius 3 is 1.92 bits per heavy atom. The number of benzene rings is 1. The van der Waals surface area contributed by atoms with Gasteiger partial charge in [0, 0.05) is 6.42 Å². The average molecular weight is 178 g/mol. The molecule has 2 rings (SSSR count). The predicted molar refractivity (Wildman–Crippen MR) is 51.3 cm³/mol. The van der Waals surface area contributed by atoms with Crippen molar-refractivity contribution in [1.29, 1.82) is 0 Å². The number of aryl methyl sites for hydroxylation is 2. The van der Waals surface area contributed by atoms with Crippen LogP contribution in [-0.4, -0.2) is 6.29 Å². The molecule has 0 aromatic heterocycles. The summed E-state index contributed by atoms with van der Waals surface area (Å²) in [5.41, 5.74) is 2.50. The Balaban J connectivity index is 2.36. The molecule has 0 amide bonds. The first-order valence-corrected chi connectivity index (χ1v) is 4.65. The van der Waals surface area contributed by atoms with E-state index in [9.17, 15) is 0 Å². The number of hydrogen-bond acceptors (Lipinski definition) is 2. The first kappa shape index (κ1) is 8.42. The summed E-state index contributed by atoms with van der Waals surface area (Å²) in [6.07, 6.45) is 0.795. The molecule has 1 aliphatic rings. The highest BCUT2D eigenvalue weighted by atomic mass is 16.7. The van der Waals surface area contributed by atoms with Gasteiger partial charge in [-0.2, -0.15) is 0 Å². The second kappa shape index (κ2) is 2.95. The largest absolute Gasteiger partial charge is 0.451 e. The standard InChI is InChI=1S/C11H14O2/c1-4-11-12-9-5-7(2)8(3)6-10(9)13-11/h5-6,11H,4H2,1-3H3. The van der Waals surface area contributed by atoms with Crippen LogP contribution < -0.4 is 9.47 Å². The van der Waals surface area contributed by atoms with Gasteiger partial charge in [0.25, 0.3) is 0 Å². The second-order valence-electron chi connectivity index (χ2n) is 3.46. The smallest absolute Gasteiger partial charge is 0.241 e. The SMILES string of the molecule is CCC1Oc2cc(C)c(C)cc2O1. The molecule has 1 heterocycles. The summed E-state index contributed by atoms with van der Waals surface area (Å²) in [5.74, 6) is 1.77. The molecule has 0 fully saturated rings. The van der Waals surface area contributed by atoms with E-state index < -0.39 is 0 Å². The molecule has 70 valence electrons. The number of hydrogen-bond donors (Lipinski definition) is 0. The van der Waals surface area contributed by atoms with E-state index in [0.29, 0.717) is 0 Å². The summed E-state index contributed by atoms with van der Waals surface area (Å²) in [6.45, 7) is 6.22. The van der Waals surface area contributed by atoms with Gasteiger partial charge in [0.1, 0.15) is 0 Å². The molecule has 0 bridgehead atoms. The third-order valence-electron chi connectivity index (χ3n) is 2.41. The molecule has 0 N–H and O–H groups in total. The van der Waals surface area contributed by atoms with Crippen LogP contribution in [0.15, 0.2) is 12.1 Å². The number of ether oxygens (including phenoxy) is 2. The summed E-state index contributed by atoms with van der Waals surface area (Å²) in [5, 5.41) is 0. The fraction of sp³-hybridized carbons (Fsp3) is 0.455. The van der Waals surface area contributed by atoms with Crippen LogP contribution in [0.5, 0.6) is 11.5 Å². The molecule has 0 spiro atoms. The van der Waals surface area contributed by atoms with Gasteiger partial charge in [-0.15, -0.1) is 0 Å². The minimum absolute atomic E-state index is 0.0869. The topological polar surface area (TPSA) is 18.5 Å². The molecule has 13 heavy (non-hydrogen) atoms. The third-order valence-corrected chi connectivity index (χ3v) is 2.41. The number of fused-ring (bicyclic) bond motifs is 1. The van der Waals surface area contributed by atoms with Crippen LogP contribution in [-0.2, 0) is 0 Å². The highest BCUT2D eigenvalue weighted by Gasteiger charge is 2.22. The molecular formula is C11H14O2. The van der Waals surface area contributed by atoms with E-state index in [1.54, 1.807) is 0 Å². The van der Waals surface area contributed by atoms with Gasteiger partial charge in [-0.25, -0.2) is 0 Å². The van der Waals surface area contributed by atoms with Gasteiger partial charge in [0.2, 0.25) is 6.29 Å². The van der Waals surface area contributed by atoms with Crippen LogP contribution >= 0.6 is 0 Å². The second-order valence-corrected chi connectivity index (χ2v) is 3.46. The Morgan fingerprint density at radius 2 is 1.54 bits per heavy atom. The monoisotopic (exact) mass is 178 g/mol. The van der Waals surface area contributed by atoms with E-state index >= 15 is 0 Å². The molecule has 0 aliphatic carbocycles. The molecule has 1 aliphatic heterocycles. The van der Waals surface area contributed by atoms with Gasteiger partial charge in [0.05, 0.1) is 0 Å². The zero-order valence-electron chi connectivity index (χ0n) is 8.26. The average Bonchev–Trinajstić information content (AvgIpc) is 2.48. The van der Waals surface area contributed by atoms with Crippen molar-refractivity contribution < 1.29 is 9.47 Å². The van der Waals surface area contributed by atoms with E-state index in [2.05, 4.69) is 20.8 Å². The minimum atomic E-state index is -0.0869. The van der Waals surface area contributed by atoms with Crippen LogP contribution in [0.25, 0.3) is 0 Å². The van der Waals surface area contributed by atoms with E-state index in [1.807, 2.05) is 12.1 Å². The van der Waals surface area contributed by atoms with Crippen LogP contribution in [0.1, 0.15) is 24.5 Å². The van der Waals surface area contributed by atoms with Crippen molar-refractivity contribution >= 4 is 0 Å². The Bertz CT molecular complexity index is 300. The molecule has 2 heteroatoms. The Morgan fingerprint density at radius 1 is 1.08 bits per heavy atom. The molecule has 0 unspecified atom stereocenters. The summed E-state index contributed by atoms with van der Waals surface area (Å²) in [4.78, 5) is 0. The van der Waals surface area contributed by atoms with Crippen molar-refractivity contribution in [3.63, 3.8) is 0 Å². The van der Waals surface area contributed by atoms with Gasteiger partial charge in [0.15, 0.2) is 11.5 Å². The lowest BCUT2D eigenvalue weighted by molar-refractivity contribution is 0.0464. The molecular weight excluding hydrogens is 164 g/mol. The Labute approximate surface area is 78.5 Å². The van der Waals surface area contributed by atoms with Gasteiger partial charge in [-0.1, -0.05) is 6.92 Å². The maximum Gasteiger partial charge on any atom is 0.241 e. The first-order chi connectivity index (χ1) is 6.20. The van der Waals surface area contributed by atoms with E-state index in [1.165, 1.54) is 11.1 Å². The maximum absolute atomic E-state index is 5.57. The van der Waals surface area contributed by atoms with E-state index in [0.717, 1.165) is 17.9 Å². The molecule has 1 aromatic rings. The number of rotatable bonds is 1. The lowest BCUT2D eigenvalue weighted by Gasteiger charge is -2.04. The Hall–Kier alpha value is -1.18. The predicted octanol–water partition coefficient (Wildman–Crippen LogP) is 2.81. The Kier molecular flexibility index (Phi) is 1.91. The first-order valence-electron chi connectivity index (χ1n) is 4.65. The summed E-state index contributed by atoms with van der Waals surface area (Å²) in [6, 6.07) is 4.08. The third kappa shape index (κ3) is 1.37. The fourth-order valence-electron chi connectivity index (χ4n) is 1.42. The van der Waals surface area contributed by atoms with Crippen LogP contribution in [0.2, 0.25) is 0 Å². The molecule has 1 aromatic carbocycles. The van der Waals surface area contributed by atoms with E-state index in [4.69, 9.17) is 9.47 Å². The maximum atomic E-state index is 5.57. The summed E-state index contributed by atoms with van der Waals surface area (Å²) < 4.78 is 11.1. The molecule has 0 saturated heterocycles. The van der Waals surface area contributed by atoms with Crippen molar-refractivity contribution in [2.24, 2.45) is 0 Å². The fourth-order valence-corrected chi connectivity index (χ4v) is 1.42. The highest BCUT2D eigenvalue weighted by molar-refractivity contribution is 5.48. The van der Waals surface area contributed by atoms with Crippen LogP contribution in [0.4, 0.5) is 0 Å². The lowest BCUT2D eigenvalue weighted by atomic mass is 10.1. The lowest BCUT2D eigenvalue weighted by Crippen LogP contribution is -2.15. The minimum Gasteiger partial charge on any atom is -0.451 e. The van der Waals surface area contributed by atoms with Crippen molar-refractivity contribution in [3.8, 4) is 11.5 Å². The van der Waals surface area contributed by atoms with Crippen molar-refractivity contribution in [2.45, 2.75) is 33.5 Å². The van der Waals surface area contributed by atoms with Crippen molar-refractivity contribution in [1.82, 2.24) is 0 Å². The molecule has 0 atom stereocenters. The summed E-state index contributed by atoms with van der Waals surface area (Å²) in [7, 11) is 0. The van der Waals surface area contributed by atoms with E-state index in [-0.39, 0.29) is 6.29 Å². The zero-order chi connectivity index (χ0) is 9.42.